The third-order valence-corrected chi connectivity index (χ3v) is 5.04. The minimum atomic E-state index is -0.185. The summed E-state index contributed by atoms with van der Waals surface area (Å²) in [6, 6.07) is 14.5. The highest BCUT2D eigenvalue weighted by molar-refractivity contribution is 7.99. The number of para-hydroxylation sites is 3. The summed E-state index contributed by atoms with van der Waals surface area (Å²) in [4.78, 5) is 29.9. The number of carbonyl (C=O) groups is 1. The zero-order valence-electron chi connectivity index (χ0n) is 16.1. The van der Waals surface area contributed by atoms with E-state index in [2.05, 4.69) is 10.3 Å². The van der Waals surface area contributed by atoms with Gasteiger partial charge < -0.3 is 10.1 Å². The van der Waals surface area contributed by atoms with E-state index in [0.717, 1.165) is 0 Å². The van der Waals surface area contributed by atoms with Crippen LogP contribution in [0.4, 0.5) is 5.69 Å². The summed E-state index contributed by atoms with van der Waals surface area (Å²) < 4.78 is 7.17. The van der Waals surface area contributed by atoms with Crippen LogP contribution in [-0.2, 0) is 4.79 Å². The molecule has 7 heteroatoms. The number of benzene rings is 2. The van der Waals surface area contributed by atoms with Crippen molar-refractivity contribution in [2.45, 2.75) is 32.0 Å². The molecule has 0 saturated carbocycles. The molecule has 0 fully saturated rings. The van der Waals surface area contributed by atoms with Crippen LogP contribution in [0.5, 0.6) is 5.75 Å². The van der Waals surface area contributed by atoms with E-state index in [1.807, 2.05) is 57.2 Å². The van der Waals surface area contributed by atoms with Crippen LogP contribution in [-0.4, -0.2) is 27.8 Å². The lowest BCUT2D eigenvalue weighted by atomic mass is 10.2. The van der Waals surface area contributed by atoms with Gasteiger partial charge in [-0.3, -0.25) is 14.2 Å². The van der Waals surface area contributed by atoms with Crippen molar-refractivity contribution in [1.29, 1.82) is 0 Å². The van der Waals surface area contributed by atoms with E-state index in [1.165, 1.54) is 11.8 Å². The molecule has 0 spiro atoms. The second-order valence-corrected chi connectivity index (χ2v) is 7.39. The number of anilines is 1. The monoisotopic (exact) mass is 397 g/mol. The maximum atomic E-state index is 12.8. The maximum Gasteiger partial charge on any atom is 0.262 e. The molecule has 0 saturated heterocycles. The Morgan fingerprint density at radius 2 is 1.89 bits per heavy atom. The molecule has 1 heterocycles. The lowest BCUT2D eigenvalue weighted by Crippen LogP contribution is -2.25. The molecule has 0 aliphatic heterocycles. The third kappa shape index (κ3) is 4.36. The van der Waals surface area contributed by atoms with E-state index in [0.29, 0.717) is 34.1 Å². The molecule has 28 heavy (non-hydrogen) atoms. The van der Waals surface area contributed by atoms with Crippen LogP contribution in [0.2, 0.25) is 0 Å². The number of aromatic nitrogens is 2. The summed E-state index contributed by atoms with van der Waals surface area (Å²) in [6.07, 6.45) is 0. The molecule has 0 aliphatic carbocycles. The molecule has 1 aromatic heterocycles. The summed E-state index contributed by atoms with van der Waals surface area (Å²) in [5, 5.41) is 3.98. The highest BCUT2D eigenvalue weighted by atomic mass is 32.2. The molecule has 0 unspecified atom stereocenters. The van der Waals surface area contributed by atoms with E-state index in [1.54, 1.807) is 16.7 Å². The first-order valence-corrected chi connectivity index (χ1v) is 10.2. The molecule has 0 bridgehead atoms. The molecule has 0 atom stereocenters. The van der Waals surface area contributed by atoms with Crippen LogP contribution in [0.1, 0.15) is 26.8 Å². The molecule has 6 nitrogen and oxygen atoms in total. The predicted octanol–water partition coefficient (Wildman–Crippen LogP) is 4.11. The van der Waals surface area contributed by atoms with E-state index in [9.17, 15) is 9.59 Å². The van der Waals surface area contributed by atoms with Gasteiger partial charge in [-0.1, -0.05) is 36.0 Å². The number of amides is 1. The normalized spacial score (nSPS) is 11.0. The fraction of sp³-hybridized carbons (Fsp3) is 0.286. The fourth-order valence-electron chi connectivity index (χ4n) is 2.85. The van der Waals surface area contributed by atoms with Gasteiger partial charge in [0.2, 0.25) is 5.91 Å². The van der Waals surface area contributed by atoms with Crippen molar-refractivity contribution in [3.05, 3.63) is 58.9 Å². The van der Waals surface area contributed by atoms with Crippen molar-refractivity contribution in [2.24, 2.45) is 0 Å². The van der Waals surface area contributed by atoms with Gasteiger partial charge in [-0.2, -0.15) is 0 Å². The Hall–Kier alpha value is -2.80. The summed E-state index contributed by atoms with van der Waals surface area (Å²) in [7, 11) is 0. The zero-order chi connectivity index (χ0) is 20.1. The molecular formula is C21H23N3O3S. The number of hydrogen-bond acceptors (Lipinski definition) is 5. The Labute approximate surface area is 167 Å². The number of rotatable bonds is 7. The van der Waals surface area contributed by atoms with Crippen molar-refractivity contribution >= 4 is 34.3 Å². The minimum Gasteiger partial charge on any atom is -0.492 e. The second kappa shape index (κ2) is 8.93. The van der Waals surface area contributed by atoms with Crippen molar-refractivity contribution in [3.63, 3.8) is 0 Å². The number of ether oxygens (including phenoxy) is 1. The number of nitrogens with one attached hydrogen (secondary N) is 1. The highest BCUT2D eigenvalue weighted by Crippen LogP contribution is 2.25. The third-order valence-electron chi connectivity index (χ3n) is 4.09. The predicted molar refractivity (Wildman–Crippen MR) is 113 cm³/mol. The van der Waals surface area contributed by atoms with Gasteiger partial charge in [0.15, 0.2) is 5.16 Å². The number of nitrogens with zero attached hydrogens (tertiary/aromatic N) is 2. The second-order valence-electron chi connectivity index (χ2n) is 6.45. The first-order valence-electron chi connectivity index (χ1n) is 9.17. The van der Waals surface area contributed by atoms with E-state index >= 15 is 0 Å². The summed E-state index contributed by atoms with van der Waals surface area (Å²) in [6.45, 7) is 6.27. The molecule has 3 aromatic rings. The average molecular weight is 398 g/mol. The summed E-state index contributed by atoms with van der Waals surface area (Å²) in [5.74, 6) is 0.582. The topological polar surface area (TPSA) is 73.2 Å². The Kier molecular flexibility index (Phi) is 6.36. The smallest absolute Gasteiger partial charge is 0.262 e. The van der Waals surface area contributed by atoms with Crippen molar-refractivity contribution in [2.75, 3.05) is 17.7 Å². The Morgan fingerprint density at radius 3 is 2.64 bits per heavy atom. The molecule has 0 radical (unpaired) electrons. The van der Waals surface area contributed by atoms with Crippen LogP contribution in [0.15, 0.2) is 58.5 Å². The van der Waals surface area contributed by atoms with Crippen LogP contribution >= 0.6 is 11.8 Å². The molecule has 1 N–H and O–H groups in total. The first kappa shape index (κ1) is 19.9. The van der Waals surface area contributed by atoms with E-state index in [-0.39, 0.29) is 23.3 Å². The van der Waals surface area contributed by atoms with Gasteiger partial charge in [0.25, 0.3) is 5.56 Å². The maximum absolute atomic E-state index is 12.8. The minimum absolute atomic E-state index is 0.0613. The summed E-state index contributed by atoms with van der Waals surface area (Å²) in [5.41, 5.74) is 1.17. The van der Waals surface area contributed by atoms with Gasteiger partial charge in [-0.15, -0.1) is 0 Å². The van der Waals surface area contributed by atoms with Crippen LogP contribution in [0.25, 0.3) is 10.9 Å². The van der Waals surface area contributed by atoms with Gasteiger partial charge in [-0.05, 0) is 45.0 Å². The standard InChI is InChI=1S/C21H23N3O3S/c1-4-27-18-12-8-7-11-17(18)22-19(25)13-28-21-23-16-10-6-5-9-15(16)20(26)24(21)14(2)3/h5-12,14H,4,13H2,1-3H3,(H,22,25). The van der Waals surface area contributed by atoms with Gasteiger partial charge in [0, 0.05) is 6.04 Å². The number of thioether (sulfide) groups is 1. The van der Waals surface area contributed by atoms with Gasteiger partial charge in [0.05, 0.1) is 29.0 Å². The SMILES string of the molecule is CCOc1ccccc1NC(=O)CSc1nc2ccccc2c(=O)n1C(C)C. The lowest BCUT2D eigenvalue weighted by Gasteiger charge is -2.16. The van der Waals surface area contributed by atoms with Crippen LogP contribution in [0.3, 0.4) is 0 Å². The van der Waals surface area contributed by atoms with Gasteiger partial charge >= 0.3 is 0 Å². The van der Waals surface area contributed by atoms with Crippen molar-refractivity contribution < 1.29 is 9.53 Å². The average Bonchev–Trinajstić information content (AvgIpc) is 2.68. The number of carbonyl (C=O) groups excluding carboxylic acids is 1. The molecule has 0 aliphatic rings. The van der Waals surface area contributed by atoms with Crippen LogP contribution in [0, 0.1) is 0 Å². The molecule has 146 valence electrons. The van der Waals surface area contributed by atoms with Crippen molar-refractivity contribution in [3.8, 4) is 5.75 Å². The van der Waals surface area contributed by atoms with E-state index < -0.39 is 0 Å². The highest BCUT2D eigenvalue weighted by Gasteiger charge is 2.16. The fourth-order valence-corrected chi connectivity index (χ4v) is 3.78. The van der Waals surface area contributed by atoms with Gasteiger partial charge in [0.1, 0.15) is 5.75 Å². The molecule has 3 rings (SSSR count). The Morgan fingerprint density at radius 1 is 1.18 bits per heavy atom. The molecule has 1 amide bonds. The largest absolute Gasteiger partial charge is 0.492 e. The zero-order valence-corrected chi connectivity index (χ0v) is 17.0. The Bertz CT molecular complexity index is 1050. The number of hydrogen-bond donors (Lipinski definition) is 1. The molecule has 2 aromatic carbocycles. The van der Waals surface area contributed by atoms with Gasteiger partial charge in [-0.25, -0.2) is 4.98 Å². The lowest BCUT2D eigenvalue weighted by molar-refractivity contribution is -0.113. The Balaban J connectivity index is 1.81. The van der Waals surface area contributed by atoms with E-state index in [4.69, 9.17) is 4.74 Å². The first-order chi connectivity index (χ1) is 13.5. The van der Waals surface area contributed by atoms with Crippen LogP contribution < -0.4 is 15.6 Å². The van der Waals surface area contributed by atoms with Crippen molar-refractivity contribution in [1.82, 2.24) is 9.55 Å². The summed E-state index contributed by atoms with van der Waals surface area (Å²) >= 11 is 1.25. The molecular weight excluding hydrogens is 374 g/mol. The quantitative estimate of drug-likeness (QED) is 0.480. The number of fused-ring (bicyclic) bond motifs is 1.